The van der Waals surface area contributed by atoms with Crippen molar-refractivity contribution in [3.8, 4) is 11.6 Å². The molecule has 0 radical (unpaired) electrons. The molecule has 21 heavy (non-hydrogen) atoms. The highest BCUT2D eigenvalue weighted by Gasteiger charge is 2.19. The molecule has 6 heteroatoms. The van der Waals surface area contributed by atoms with Crippen molar-refractivity contribution in [3.05, 3.63) is 39.7 Å². The number of hydrogen-bond donors (Lipinski definition) is 1. The second-order valence-electron chi connectivity index (χ2n) is 5.04. The molecule has 4 nitrogen and oxygen atoms in total. The molecular weight excluding hydrogens is 337 g/mol. The van der Waals surface area contributed by atoms with Gasteiger partial charge in [-0.3, -0.25) is 0 Å². The van der Waals surface area contributed by atoms with Gasteiger partial charge in [0.15, 0.2) is 11.6 Å². The molecule has 0 saturated heterocycles. The SMILES string of the molecule is CCC(N)Cc1c(C)nn(C)c1Oc1cc(Br)ccc1F. The van der Waals surface area contributed by atoms with Gasteiger partial charge in [-0.05, 0) is 38.0 Å². The minimum absolute atomic E-state index is 0.0302. The summed E-state index contributed by atoms with van der Waals surface area (Å²) >= 11 is 3.31. The van der Waals surface area contributed by atoms with Gasteiger partial charge in [-0.15, -0.1) is 0 Å². The van der Waals surface area contributed by atoms with Crippen molar-refractivity contribution in [2.75, 3.05) is 0 Å². The van der Waals surface area contributed by atoms with Gasteiger partial charge in [0.05, 0.1) is 5.69 Å². The third kappa shape index (κ3) is 3.63. The fraction of sp³-hybridized carbons (Fsp3) is 0.400. The van der Waals surface area contributed by atoms with Crippen LogP contribution in [-0.4, -0.2) is 15.8 Å². The Labute approximate surface area is 132 Å². The highest BCUT2D eigenvalue weighted by Crippen LogP contribution is 2.31. The van der Waals surface area contributed by atoms with Gasteiger partial charge in [0.2, 0.25) is 5.88 Å². The Bertz CT molecular complexity index is 642. The van der Waals surface area contributed by atoms with Crippen LogP contribution in [0.25, 0.3) is 0 Å². The van der Waals surface area contributed by atoms with Crippen LogP contribution in [0.15, 0.2) is 22.7 Å². The lowest BCUT2D eigenvalue weighted by atomic mass is 10.1. The number of aryl methyl sites for hydroxylation is 2. The number of halogens is 2. The highest BCUT2D eigenvalue weighted by molar-refractivity contribution is 9.10. The third-order valence-electron chi connectivity index (χ3n) is 3.38. The van der Waals surface area contributed by atoms with E-state index in [9.17, 15) is 4.39 Å². The zero-order valence-corrected chi connectivity index (χ0v) is 13.9. The van der Waals surface area contributed by atoms with Gasteiger partial charge in [-0.25, -0.2) is 9.07 Å². The molecule has 0 aliphatic rings. The molecule has 0 fully saturated rings. The van der Waals surface area contributed by atoms with Gasteiger partial charge < -0.3 is 10.5 Å². The predicted molar refractivity (Wildman–Crippen MR) is 84.1 cm³/mol. The van der Waals surface area contributed by atoms with Crippen molar-refractivity contribution in [1.29, 1.82) is 0 Å². The standard InChI is InChI=1S/C15H19BrFN3O/c1-4-11(18)8-12-9(2)19-20(3)15(12)21-14-7-10(16)5-6-13(14)17/h5-7,11H,4,8,18H2,1-3H3. The van der Waals surface area contributed by atoms with Gasteiger partial charge in [0.1, 0.15) is 0 Å². The Morgan fingerprint density at radius 1 is 1.48 bits per heavy atom. The van der Waals surface area contributed by atoms with Crippen molar-refractivity contribution in [3.63, 3.8) is 0 Å². The Kier molecular flexibility index (Phi) is 5.00. The number of hydrogen-bond acceptors (Lipinski definition) is 3. The summed E-state index contributed by atoms with van der Waals surface area (Å²) in [6.07, 6.45) is 1.51. The number of ether oxygens (including phenoxy) is 1. The van der Waals surface area contributed by atoms with Crippen molar-refractivity contribution in [2.45, 2.75) is 32.7 Å². The number of benzene rings is 1. The summed E-state index contributed by atoms with van der Waals surface area (Å²) in [6, 6.07) is 4.62. The lowest BCUT2D eigenvalue weighted by Gasteiger charge is -2.12. The van der Waals surface area contributed by atoms with Crippen molar-refractivity contribution >= 4 is 15.9 Å². The van der Waals surface area contributed by atoms with Crippen LogP contribution in [0.3, 0.4) is 0 Å². The zero-order chi connectivity index (χ0) is 15.6. The molecule has 1 unspecified atom stereocenters. The molecular formula is C15H19BrFN3O. The van der Waals surface area contributed by atoms with E-state index in [4.69, 9.17) is 10.5 Å². The zero-order valence-electron chi connectivity index (χ0n) is 12.4. The molecule has 1 aromatic carbocycles. The van der Waals surface area contributed by atoms with E-state index in [1.54, 1.807) is 23.9 Å². The van der Waals surface area contributed by atoms with E-state index in [1.807, 2.05) is 13.8 Å². The summed E-state index contributed by atoms with van der Waals surface area (Å²) in [5.74, 6) is 0.287. The maximum absolute atomic E-state index is 13.9. The quantitative estimate of drug-likeness (QED) is 0.889. The van der Waals surface area contributed by atoms with Crippen LogP contribution in [-0.2, 0) is 13.5 Å². The molecule has 2 rings (SSSR count). The molecule has 0 aliphatic carbocycles. The van der Waals surface area contributed by atoms with Gasteiger partial charge in [-0.1, -0.05) is 22.9 Å². The molecule has 1 heterocycles. The minimum atomic E-state index is -0.414. The smallest absolute Gasteiger partial charge is 0.221 e. The van der Waals surface area contributed by atoms with Crippen LogP contribution in [0.5, 0.6) is 11.6 Å². The molecule has 2 N–H and O–H groups in total. The lowest BCUT2D eigenvalue weighted by Crippen LogP contribution is -2.21. The molecule has 0 amide bonds. The van der Waals surface area contributed by atoms with Crippen LogP contribution >= 0.6 is 15.9 Å². The molecule has 114 valence electrons. The fourth-order valence-electron chi connectivity index (χ4n) is 2.11. The topological polar surface area (TPSA) is 53.1 Å². The van der Waals surface area contributed by atoms with Crippen molar-refractivity contribution in [1.82, 2.24) is 9.78 Å². The Balaban J connectivity index is 2.37. The number of nitrogens with two attached hydrogens (primary N) is 1. The van der Waals surface area contributed by atoms with E-state index in [1.165, 1.54) is 6.07 Å². The van der Waals surface area contributed by atoms with Crippen molar-refractivity contribution in [2.24, 2.45) is 12.8 Å². The Morgan fingerprint density at radius 2 is 2.19 bits per heavy atom. The van der Waals surface area contributed by atoms with Gasteiger partial charge in [0.25, 0.3) is 0 Å². The normalized spacial score (nSPS) is 12.5. The largest absolute Gasteiger partial charge is 0.436 e. The van der Waals surface area contributed by atoms with Crippen LogP contribution < -0.4 is 10.5 Å². The first kappa shape index (κ1) is 16.0. The van der Waals surface area contributed by atoms with E-state index >= 15 is 0 Å². The maximum atomic E-state index is 13.9. The lowest BCUT2D eigenvalue weighted by molar-refractivity contribution is 0.398. The second-order valence-corrected chi connectivity index (χ2v) is 5.96. The van der Waals surface area contributed by atoms with Crippen molar-refractivity contribution < 1.29 is 9.13 Å². The summed E-state index contributed by atoms with van der Waals surface area (Å²) in [7, 11) is 1.78. The second kappa shape index (κ2) is 6.58. The van der Waals surface area contributed by atoms with Crippen LogP contribution in [0, 0.1) is 12.7 Å². The van der Waals surface area contributed by atoms with E-state index in [0.717, 1.165) is 22.2 Å². The Morgan fingerprint density at radius 3 is 2.86 bits per heavy atom. The average Bonchev–Trinajstić information content (AvgIpc) is 2.69. The number of aromatic nitrogens is 2. The van der Waals surface area contributed by atoms with Gasteiger partial charge >= 0.3 is 0 Å². The third-order valence-corrected chi connectivity index (χ3v) is 3.87. The first-order chi connectivity index (χ1) is 9.92. The summed E-state index contributed by atoms with van der Waals surface area (Å²) in [5.41, 5.74) is 7.80. The van der Waals surface area contributed by atoms with Crippen LogP contribution in [0.1, 0.15) is 24.6 Å². The summed E-state index contributed by atoms with van der Waals surface area (Å²) in [5, 5.41) is 4.35. The van der Waals surface area contributed by atoms with E-state index in [0.29, 0.717) is 12.3 Å². The van der Waals surface area contributed by atoms with E-state index < -0.39 is 5.82 Å². The summed E-state index contributed by atoms with van der Waals surface area (Å²) < 4.78 is 22.0. The van der Waals surface area contributed by atoms with Gasteiger partial charge in [0, 0.05) is 23.1 Å². The predicted octanol–water partition coefficient (Wildman–Crippen LogP) is 3.70. The monoisotopic (exact) mass is 355 g/mol. The first-order valence-corrected chi connectivity index (χ1v) is 7.62. The van der Waals surface area contributed by atoms with E-state index in [2.05, 4.69) is 21.0 Å². The highest BCUT2D eigenvalue weighted by atomic mass is 79.9. The van der Waals surface area contributed by atoms with Crippen LogP contribution in [0.2, 0.25) is 0 Å². The first-order valence-electron chi connectivity index (χ1n) is 6.83. The summed E-state index contributed by atoms with van der Waals surface area (Å²) in [6.45, 7) is 3.94. The number of rotatable bonds is 5. The molecule has 2 aromatic rings. The maximum Gasteiger partial charge on any atom is 0.221 e. The molecule has 0 aliphatic heterocycles. The Hall–Kier alpha value is -1.40. The molecule has 0 bridgehead atoms. The fourth-order valence-corrected chi connectivity index (χ4v) is 2.45. The minimum Gasteiger partial charge on any atom is -0.436 e. The van der Waals surface area contributed by atoms with E-state index in [-0.39, 0.29) is 11.8 Å². The molecule has 1 atom stereocenters. The summed E-state index contributed by atoms with van der Waals surface area (Å²) in [4.78, 5) is 0. The average molecular weight is 356 g/mol. The molecule has 1 aromatic heterocycles. The molecule has 0 saturated carbocycles. The van der Waals surface area contributed by atoms with Gasteiger partial charge in [-0.2, -0.15) is 5.10 Å². The van der Waals surface area contributed by atoms with Crippen LogP contribution in [0.4, 0.5) is 4.39 Å². The number of nitrogens with zero attached hydrogens (tertiary/aromatic N) is 2. The molecule has 0 spiro atoms.